The second-order valence-corrected chi connectivity index (χ2v) is 7.78. The lowest BCUT2D eigenvalue weighted by Gasteiger charge is -2.08. The van der Waals surface area contributed by atoms with Gasteiger partial charge in [-0.3, -0.25) is 38.6 Å². The first-order valence-electron chi connectivity index (χ1n) is 10.4. The predicted octanol–water partition coefficient (Wildman–Crippen LogP) is 1.60. The number of aldehydes is 1. The molecule has 0 saturated carbocycles. The molecule has 1 aromatic carbocycles. The van der Waals surface area contributed by atoms with Crippen molar-refractivity contribution in [2.24, 2.45) is 0 Å². The highest BCUT2D eigenvalue weighted by atomic mass is 16.2. The molecule has 1 aromatic rings. The number of nitrogens with zero attached hydrogens (tertiary/aromatic N) is 3. The lowest BCUT2D eigenvalue weighted by Crippen LogP contribution is -2.26. The van der Waals surface area contributed by atoms with E-state index in [9.17, 15) is 28.8 Å². The van der Waals surface area contributed by atoms with E-state index in [1.54, 1.807) is 45.4 Å². The summed E-state index contributed by atoms with van der Waals surface area (Å²) in [7, 11) is 6.29. The Bertz CT molecular complexity index is 991. The normalized spacial score (nSPS) is 16.7. The average molecular weight is 453 g/mol. The van der Waals surface area contributed by atoms with Crippen LogP contribution in [0.5, 0.6) is 0 Å². The Morgan fingerprint density at radius 2 is 1.24 bits per heavy atom. The second-order valence-electron chi connectivity index (χ2n) is 7.78. The number of carbonyl (C=O) groups is 6. The van der Waals surface area contributed by atoms with E-state index in [1.807, 2.05) is 0 Å². The van der Waals surface area contributed by atoms with Crippen LogP contribution in [0, 0.1) is 0 Å². The Labute approximate surface area is 192 Å². The van der Waals surface area contributed by atoms with E-state index in [4.69, 9.17) is 0 Å². The topological polar surface area (TPSA) is 112 Å². The van der Waals surface area contributed by atoms with Gasteiger partial charge in [0.05, 0.1) is 11.1 Å². The number of benzene rings is 1. The van der Waals surface area contributed by atoms with E-state index >= 15 is 0 Å². The molecule has 0 saturated heterocycles. The first kappa shape index (κ1) is 25.4. The van der Waals surface area contributed by atoms with Gasteiger partial charge in [0.15, 0.2) is 0 Å². The van der Waals surface area contributed by atoms with Crippen molar-refractivity contribution in [3.05, 3.63) is 58.7 Å². The molecular weight excluding hydrogens is 426 g/mol. The van der Waals surface area contributed by atoms with Crippen LogP contribution in [0.4, 0.5) is 0 Å². The first-order chi connectivity index (χ1) is 15.6. The fourth-order valence-corrected chi connectivity index (χ4v) is 3.45. The minimum atomic E-state index is -0.212. The third-order valence-electron chi connectivity index (χ3n) is 5.35. The predicted molar refractivity (Wildman–Crippen MR) is 120 cm³/mol. The Hall–Kier alpha value is -3.88. The van der Waals surface area contributed by atoms with E-state index < -0.39 is 0 Å². The standard InChI is InChI=1S/C9H11NO2.C9H7NO2.C6H9NO2/c2*1-10-8(11)6-4-2-3-5-7(6)9(10)12;1-7(2)6(9)4-3-5-8/h2-5H2,1H3;2-5H,1H3;3-5H,1-2H3/b;;4-3-. The summed E-state index contributed by atoms with van der Waals surface area (Å²) in [4.78, 5) is 69.4. The van der Waals surface area contributed by atoms with E-state index in [0.29, 0.717) is 17.4 Å². The van der Waals surface area contributed by atoms with E-state index in [0.717, 1.165) is 41.7 Å². The molecule has 0 aromatic heterocycles. The van der Waals surface area contributed by atoms with Gasteiger partial charge in [0.25, 0.3) is 23.6 Å². The van der Waals surface area contributed by atoms with Crippen LogP contribution in [0.2, 0.25) is 0 Å². The lowest BCUT2D eigenvalue weighted by molar-refractivity contribution is -0.136. The monoisotopic (exact) mass is 453 g/mol. The summed E-state index contributed by atoms with van der Waals surface area (Å²) in [6.45, 7) is 0. The van der Waals surface area contributed by atoms with Crippen molar-refractivity contribution in [2.75, 3.05) is 28.2 Å². The molecule has 9 nitrogen and oxygen atoms in total. The molecule has 1 aliphatic carbocycles. The minimum absolute atomic E-state index is 0.0744. The Morgan fingerprint density at radius 1 is 0.818 bits per heavy atom. The quantitative estimate of drug-likeness (QED) is 0.382. The number of rotatable bonds is 2. The second kappa shape index (κ2) is 11.1. The zero-order valence-electron chi connectivity index (χ0n) is 19.2. The molecule has 174 valence electrons. The SMILES string of the molecule is CN(C)C(=O)/C=C\C=O.CN1C(=O)C2=C(CCCC2)C1=O.CN1C(=O)c2ccccc2C1=O. The molecule has 2 aliphatic heterocycles. The Balaban J connectivity index is 0.000000178. The molecule has 0 fully saturated rings. The molecule has 0 unspecified atom stereocenters. The highest BCUT2D eigenvalue weighted by molar-refractivity contribution is 6.21. The summed E-state index contributed by atoms with van der Waals surface area (Å²) in [6, 6.07) is 6.84. The Kier molecular flexibility index (Phi) is 8.56. The molecule has 3 aliphatic rings. The summed E-state index contributed by atoms with van der Waals surface area (Å²) >= 11 is 0. The number of amides is 5. The van der Waals surface area contributed by atoms with Crippen molar-refractivity contribution >= 4 is 35.8 Å². The van der Waals surface area contributed by atoms with Crippen molar-refractivity contribution in [1.29, 1.82) is 0 Å². The van der Waals surface area contributed by atoms with Crippen LogP contribution in [-0.2, 0) is 19.2 Å². The highest BCUT2D eigenvalue weighted by Crippen LogP contribution is 2.31. The van der Waals surface area contributed by atoms with Crippen LogP contribution < -0.4 is 0 Å². The molecule has 5 amide bonds. The van der Waals surface area contributed by atoms with Crippen LogP contribution in [0.1, 0.15) is 46.4 Å². The zero-order chi connectivity index (χ0) is 24.7. The van der Waals surface area contributed by atoms with Crippen LogP contribution in [0.25, 0.3) is 0 Å². The highest BCUT2D eigenvalue weighted by Gasteiger charge is 2.36. The number of imide groups is 2. The van der Waals surface area contributed by atoms with Gasteiger partial charge >= 0.3 is 0 Å². The van der Waals surface area contributed by atoms with Gasteiger partial charge in [-0.1, -0.05) is 12.1 Å². The number of likely N-dealkylation sites (N-methyl/N-ethyl adjacent to an activating group) is 2. The number of allylic oxidation sites excluding steroid dienone is 1. The minimum Gasteiger partial charge on any atom is -0.345 e. The molecule has 0 atom stereocenters. The maximum atomic E-state index is 11.4. The molecule has 2 heterocycles. The van der Waals surface area contributed by atoms with E-state index in [2.05, 4.69) is 0 Å². The molecule has 33 heavy (non-hydrogen) atoms. The third kappa shape index (κ3) is 5.68. The van der Waals surface area contributed by atoms with Crippen LogP contribution in [-0.4, -0.2) is 78.7 Å². The van der Waals surface area contributed by atoms with Crippen LogP contribution in [0.3, 0.4) is 0 Å². The summed E-state index contributed by atoms with van der Waals surface area (Å²) in [6.07, 6.45) is 6.64. The number of fused-ring (bicyclic) bond motifs is 1. The van der Waals surface area contributed by atoms with Crippen molar-refractivity contribution in [3.63, 3.8) is 0 Å². The maximum Gasteiger partial charge on any atom is 0.261 e. The smallest absolute Gasteiger partial charge is 0.261 e. The van der Waals surface area contributed by atoms with Gasteiger partial charge in [-0.2, -0.15) is 0 Å². The maximum absolute atomic E-state index is 11.4. The first-order valence-corrected chi connectivity index (χ1v) is 10.4. The van der Waals surface area contributed by atoms with Gasteiger partial charge in [-0.05, 0) is 43.9 Å². The molecule has 4 rings (SSSR count). The van der Waals surface area contributed by atoms with Crippen molar-refractivity contribution in [2.45, 2.75) is 25.7 Å². The summed E-state index contributed by atoms with van der Waals surface area (Å²) < 4.78 is 0. The van der Waals surface area contributed by atoms with Crippen molar-refractivity contribution < 1.29 is 28.8 Å². The fourth-order valence-electron chi connectivity index (χ4n) is 3.45. The summed E-state index contributed by atoms with van der Waals surface area (Å²) in [5.74, 6) is -0.752. The third-order valence-corrected chi connectivity index (χ3v) is 5.35. The van der Waals surface area contributed by atoms with Gasteiger partial charge < -0.3 is 4.90 Å². The van der Waals surface area contributed by atoms with Gasteiger partial charge in [0.2, 0.25) is 5.91 Å². The Morgan fingerprint density at radius 3 is 1.64 bits per heavy atom. The van der Waals surface area contributed by atoms with E-state index in [-0.39, 0.29) is 29.5 Å². The molecular formula is C24H27N3O6. The average Bonchev–Trinajstić information content (AvgIpc) is 3.18. The van der Waals surface area contributed by atoms with Crippen molar-refractivity contribution in [1.82, 2.24) is 14.7 Å². The molecule has 0 bridgehead atoms. The largest absolute Gasteiger partial charge is 0.345 e. The summed E-state index contributed by atoms with van der Waals surface area (Å²) in [5.41, 5.74) is 2.55. The van der Waals surface area contributed by atoms with Crippen molar-refractivity contribution in [3.8, 4) is 0 Å². The fraction of sp³-hybridized carbons (Fsp3) is 0.333. The van der Waals surface area contributed by atoms with Crippen LogP contribution >= 0.6 is 0 Å². The van der Waals surface area contributed by atoms with Gasteiger partial charge in [0, 0.05) is 45.4 Å². The molecule has 0 spiro atoms. The van der Waals surface area contributed by atoms with E-state index in [1.165, 1.54) is 29.0 Å². The lowest BCUT2D eigenvalue weighted by atomic mass is 9.93. The molecule has 9 heteroatoms. The molecule has 0 N–H and O–H groups in total. The number of hydrogen-bond acceptors (Lipinski definition) is 6. The number of hydrogen-bond donors (Lipinski definition) is 0. The zero-order valence-corrected chi connectivity index (χ0v) is 19.2. The van der Waals surface area contributed by atoms with Gasteiger partial charge in [0.1, 0.15) is 6.29 Å². The van der Waals surface area contributed by atoms with Gasteiger partial charge in [-0.25, -0.2) is 0 Å². The molecule has 0 radical (unpaired) electrons. The van der Waals surface area contributed by atoms with Crippen LogP contribution in [0.15, 0.2) is 47.6 Å². The van der Waals surface area contributed by atoms with Gasteiger partial charge in [-0.15, -0.1) is 0 Å². The summed E-state index contributed by atoms with van der Waals surface area (Å²) in [5, 5.41) is 0. The number of carbonyl (C=O) groups excluding carboxylic acids is 6.